The molecular formula is C32H30Cl2N4O5S. The molecule has 0 saturated carbocycles. The Morgan fingerprint density at radius 1 is 0.841 bits per heavy atom. The van der Waals surface area contributed by atoms with Crippen LogP contribution in [0.15, 0.2) is 83.8 Å². The number of halogens is 2. The summed E-state index contributed by atoms with van der Waals surface area (Å²) >= 11 is 12.2. The molecule has 0 saturated heterocycles. The third kappa shape index (κ3) is 7.44. The lowest BCUT2D eigenvalue weighted by atomic mass is 10.0. The van der Waals surface area contributed by atoms with Gasteiger partial charge in [-0.15, -0.1) is 0 Å². The van der Waals surface area contributed by atoms with E-state index in [2.05, 4.69) is 4.72 Å². The SMILES string of the molecule is O=C(CCCCCCN1C(=O)C(O)Cc2nc(-c3ccc(Cl)cc3)c(-c3ccc(Cl)cc3)nc21)NS(=O)(=O)c1ccccc1. The highest BCUT2D eigenvalue weighted by atomic mass is 35.5. The first kappa shape index (κ1) is 31.6. The van der Waals surface area contributed by atoms with E-state index in [4.69, 9.17) is 33.2 Å². The zero-order chi connectivity index (χ0) is 31.3. The van der Waals surface area contributed by atoms with Crippen molar-refractivity contribution in [1.29, 1.82) is 0 Å². The van der Waals surface area contributed by atoms with Crippen LogP contribution in [0.25, 0.3) is 22.5 Å². The van der Waals surface area contributed by atoms with Gasteiger partial charge in [0.1, 0.15) is 6.10 Å². The molecule has 1 aliphatic rings. The maximum Gasteiger partial charge on any atom is 0.264 e. The molecule has 0 spiro atoms. The minimum Gasteiger partial charge on any atom is -0.383 e. The molecule has 0 bridgehead atoms. The van der Waals surface area contributed by atoms with Crippen LogP contribution in [-0.4, -0.2) is 48.0 Å². The normalized spacial score (nSPS) is 14.8. The number of benzene rings is 3. The van der Waals surface area contributed by atoms with Crippen molar-refractivity contribution in [3.63, 3.8) is 0 Å². The van der Waals surface area contributed by atoms with Crippen LogP contribution in [0.4, 0.5) is 5.82 Å². The molecule has 1 unspecified atom stereocenters. The van der Waals surface area contributed by atoms with Crippen LogP contribution >= 0.6 is 23.2 Å². The van der Waals surface area contributed by atoms with Gasteiger partial charge >= 0.3 is 0 Å². The van der Waals surface area contributed by atoms with Crippen molar-refractivity contribution >= 4 is 50.9 Å². The highest BCUT2D eigenvalue weighted by molar-refractivity contribution is 7.90. The number of hydrogen-bond donors (Lipinski definition) is 2. The monoisotopic (exact) mass is 652 g/mol. The minimum absolute atomic E-state index is 0.0321. The first-order chi connectivity index (χ1) is 21.1. The van der Waals surface area contributed by atoms with Gasteiger partial charge in [-0.25, -0.2) is 23.1 Å². The van der Waals surface area contributed by atoms with E-state index >= 15 is 0 Å². The second kappa shape index (κ2) is 13.9. The number of rotatable bonds is 11. The second-order valence-electron chi connectivity index (χ2n) is 10.4. The lowest BCUT2D eigenvalue weighted by Gasteiger charge is -2.31. The van der Waals surface area contributed by atoms with Crippen molar-refractivity contribution in [2.45, 2.75) is 49.5 Å². The Morgan fingerprint density at radius 2 is 1.41 bits per heavy atom. The van der Waals surface area contributed by atoms with E-state index in [1.165, 1.54) is 17.0 Å². The van der Waals surface area contributed by atoms with E-state index in [9.17, 15) is 23.1 Å². The molecule has 1 atom stereocenters. The number of nitrogens with zero attached hydrogens (tertiary/aromatic N) is 3. The van der Waals surface area contributed by atoms with Crippen LogP contribution in [0.1, 0.15) is 37.8 Å². The van der Waals surface area contributed by atoms with Crippen molar-refractivity contribution in [1.82, 2.24) is 14.7 Å². The van der Waals surface area contributed by atoms with Crippen molar-refractivity contribution in [3.05, 3.63) is 94.6 Å². The average Bonchev–Trinajstić information content (AvgIpc) is 3.01. The van der Waals surface area contributed by atoms with Gasteiger partial charge < -0.3 is 5.11 Å². The fraction of sp³-hybridized carbons (Fsp3) is 0.250. The number of aromatic nitrogens is 2. The number of hydrogen-bond acceptors (Lipinski definition) is 7. The van der Waals surface area contributed by atoms with Crippen molar-refractivity contribution in [2.24, 2.45) is 0 Å². The van der Waals surface area contributed by atoms with Crippen molar-refractivity contribution in [2.75, 3.05) is 11.4 Å². The summed E-state index contributed by atoms with van der Waals surface area (Å²) in [4.78, 5) is 36.7. The Hall–Kier alpha value is -3.83. The summed E-state index contributed by atoms with van der Waals surface area (Å²) < 4.78 is 26.8. The Labute approximate surface area is 265 Å². The molecule has 0 fully saturated rings. The molecular weight excluding hydrogens is 623 g/mol. The third-order valence-corrected chi connectivity index (χ3v) is 9.11. The molecule has 12 heteroatoms. The number of nitrogens with one attached hydrogen (secondary N) is 1. The quantitative estimate of drug-likeness (QED) is 0.195. The zero-order valence-electron chi connectivity index (χ0n) is 23.6. The summed E-state index contributed by atoms with van der Waals surface area (Å²) in [5.41, 5.74) is 3.22. The van der Waals surface area contributed by atoms with Gasteiger partial charge in [-0.2, -0.15) is 0 Å². The topological polar surface area (TPSA) is 130 Å². The van der Waals surface area contributed by atoms with Crippen LogP contribution in [-0.2, 0) is 26.0 Å². The lowest BCUT2D eigenvalue weighted by Crippen LogP contribution is -2.46. The van der Waals surface area contributed by atoms with Crippen LogP contribution in [0.2, 0.25) is 10.0 Å². The largest absolute Gasteiger partial charge is 0.383 e. The van der Waals surface area contributed by atoms with E-state index in [-0.39, 0.29) is 17.7 Å². The molecule has 2 heterocycles. The van der Waals surface area contributed by atoms with Crippen molar-refractivity contribution in [3.8, 4) is 22.5 Å². The molecule has 9 nitrogen and oxygen atoms in total. The highest BCUT2D eigenvalue weighted by Gasteiger charge is 2.34. The van der Waals surface area contributed by atoms with E-state index in [0.717, 1.165) is 11.1 Å². The van der Waals surface area contributed by atoms with Gasteiger partial charge in [0, 0.05) is 40.6 Å². The fourth-order valence-corrected chi connectivity index (χ4v) is 6.26. The summed E-state index contributed by atoms with van der Waals surface area (Å²) in [6, 6.07) is 22.1. The molecule has 2 amide bonds. The average molecular weight is 654 g/mol. The summed E-state index contributed by atoms with van der Waals surface area (Å²) in [6.45, 7) is 0.298. The molecule has 44 heavy (non-hydrogen) atoms. The fourth-order valence-electron chi connectivity index (χ4n) is 4.97. The third-order valence-electron chi connectivity index (χ3n) is 7.21. The molecule has 4 aromatic rings. The standard InChI is InChI=1S/C32H30Cl2N4O5S/c33-23-15-11-21(12-16-23)29-30(22-13-17-24(34)18-14-22)36-31-26(35-29)20-27(39)32(41)38(31)19-7-2-1-6-10-28(40)37-44(42,43)25-8-4-3-5-9-25/h3-5,8-9,11-18,27,39H,1-2,6-7,10,19-20H2,(H,37,40). The van der Waals surface area contributed by atoms with Gasteiger partial charge in [-0.3, -0.25) is 14.5 Å². The Bertz CT molecular complexity index is 1750. The number of anilines is 1. The van der Waals surface area contributed by atoms with E-state index in [1.54, 1.807) is 42.5 Å². The van der Waals surface area contributed by atoms with Gasteiger partial charge in [0.15, 0.2) is 5.82 Å². The molecule has 228 valence electrons. The number of amides is 2. The molecule has 1 aromatic heterocycles. The molecule has 0 aliphatic carbocycles. The maximum absolute atomic E-state index is 13.1. The lowest BCUT2D eigenvalue weighted by molar-refractivity contribution is -0.127. The molecule has 3 aromatic carbocycles. The van der Waals surface area contributed by atoms with Crippen molar-refractivity contribution < 1.29 is 23.1 Å². The summed E-state index contributed by atoms with van der Waals surface area (Å²) in [5.74, 6) is -0.620. The van der Waals surface area contributed by atoms with Gasteiger partial charge in [0.2, 0.25) is 5.91 Å². The predicted molar refractivity (Wildman–Crippen MR) is 170 cm³/mol. The summed E-state index contributed by atoms with van der Waals surface area (Å²) in [5, 5.41) is 11.8. The molecule has 0 radical (unpaired) electrons. The number of aliphatic hydroxyl groups is 1. The minimum atomic E-state index is -3.90. The molecule has 2 N–H and O–H groups in total. The van der Waals surface area contributed by atoms with Crippen LogP contribution in [0.5, 0.6) is 0 Å². The predicted octanol–water partition coefficient (Wildman–Crippen LogP) is 5.82. The number of sulfonamides is 1. The first-order valence-electron chi connectivity index (χ1n) is 14.2. The van der Waals surface area contributed by atoms with E-state index in [1.807, 2.05) is 24.3 Å². The highest BCUT2D eigenvalue weighted by Crippen LogP contribution is 2.36. The first-order valence-corrected chi connectivity index (χ1v) is 16.4. The number of fused-ring (bicyclic) bond motifs is 1. The zero-order valence-corrected chi connectivity index (χ0v) is 25.9. The number of carbonyl (C=O) groups is 2. The van der Waals surface area contributed by atoms with Crippen LogP contribution in [0.3, 0.4) is 0 Å². The number of carbonyl (C=O) groups excluding carboxylic acids is 2. The summed E-state index contributed by atoms with van der Waals surface area (Å²) in [7, 11) is -3.90. The Kier molecular flexibility index (Phi) is 9.95. The Balaban J connectivity index is 1.27. The number of unbranched alkanes of at least 4 members (excludes halogenated alkanes) is 3. The second-order valence-corrected chi connectivity index (χ2v) is 13.0. The smallest absolute Gasteiger partial charge is 0.264 e. The van der Waals surface area contributed by atoms with Gasteiger partial charge in [0.25, 0.3) is 15.9 Å². The van der Waals surface area contributed by atoms with Crippen LogP contribution in [0, 0.1) is 0 Å². The molecule has 5 rings (SSSR count). The van der Waals surface area contributed by atoms with Crippen LogP contribution < -0.4 is 9.62 Å². The van der Waals surface area contributed by atoms with Gasteiger partial charge in [0.05, 0.1) is 22.0 Å². The summed E-state index contributed by atoms with van der Waals surface area (Å²) in [6.07, 6.45) is 1.24. The maximum atomic E-state index is 13.1. The number of aliphatic hydroxyl groups excluding tert-OH is 1. The molecule has 1 aliphatic heterocycles. The van der Waals surface area contributed by atoms with Gasteiger partial charge in [-0.1, -0.05) is 78.5 Å². The van der Waals surface area contributed by atoms with Gasteiger partial charge in [-0.05, 0) is 49.2 Å². The van der Waals surface area contributed by atoms with E-state index in [0.29, 0.717) is 65.2 Å². The van der Waals surface area contributed by atoms with E-state index < -0.39 is 27.9 Å². The Morgan fingerprint density at radius 3 is 2.02 bits per heavy atom.